The van der Waals surface area contributed by atoms with Crippen LogP contribution < -0.4 is 38.1 Å². The van der Waals surface area contributed by atoms with Gasteiger partial charge in [-0.15, -0.1) is 0 Å². The first-order chi connectivity index (χ1) is 31.4. The number of carboxylic acids is 1. The number of phenols is 1. The van der Waals surface area contributed by atoms with E-state index in [9.17, 15) is 58.5 Å². The maximum absolute atomic E-state index is 14.8. The minimum atomic E-state index is -1.88. The number of likely N-dealkylation sites (N-methyl/N-ethyl adjacent to an activating group) is 1. The zero-order chi connectivity index (χ0) is 50.3. The van der Waals surface area contributed by atoms with Crippen LogP contribution in [0, 0.1) is 11.8 Å². The van der Waals surface area contributed by atoms with Crippen molar-refractivity contribution in [2.45, 2.75) is 154 Å². The third-order valence-electron chi connectivity index (χ3n) is 11.4. The first-order valence-corrected chi connectivity index (χ1v) is 22.5. The molecule has 2 saturated heterocycles. The Balaban J connectivity index is 2.25. The number of nitrogens with zero attached hydrogens (tertiary/aromatic N) is 3. The highest BCUT2D eigenvalue weighted by atomic mass is 16.5. The van der Waals surface area contributed by atoms with Crippen molar-refractivity contribution in [1.29, 1.82) is 0 Å². The number of amides is 7. The van der Waals surface area contributed by atoms with Gasteiger partial charge in [-0.05, 0) is 75.0 Å². The molecule has 7 amide bonds. The molecule has 2 heterocycles. The number of nitrogens with one attached hydrogen (secondary N) is 5. The van der Waals surface area contributed by atoms with Gasteiger partial charge >= 0.3 is 11.9 Å². The summed E-state index contributed by atoms with van der Waals surface area (Å²) in [6, 6.07) is -4.74. The van der Waals surface area contributed by atoms with Gasteiger partial charge in [0.2, 0.25) is 41.4 Å². The second-order valence-electron chi connectivity index (χ2n) is 17.7. The number of benzene rings is 1. The van der Waals surface area contributed by atoms with Crippen molar-refractivity contribution in [3.05, 3.63) is 29.8 Å². The number of aliphatic imine (C=N–C) groups is 1. The number of ether oxygens (including phenoxy) is 1. The third kappa shape index (κ3) is 16.1. The molecule has 2 fully saturated rings. The van der Waals surface area contributed by atoms with Gasteiger partial charge in [0.05, 0.1) is 6.42 Å². The first kappa shape index (κ1) is 54.8. The molecule has 0 radical (unpaired) electrons. The predicted molar refractivity (Wildman–Crippen MR) is 241 cm³/mol. The number of aromatic hydroxyl groups is 1. The summed E-state index contributed by atoms with van der Waals surface area (Å²) in [5.41, 5.74) is 11.5. The molecule has 3 rings (SSSR count). The lowest BCUT2D eigenvalue weighted by Crippen LogP contribution is -2.65. The highest BCUT2D eigenvalue weighted by Crippen LogP contribution is 2.26. The molecule has 9 unspecified atom stereocenters. The molecule has 0 spiro atoms. The number of carboxylic acid groups (broad SMARTS) is 1. The fourth-order valence-corrected chi connectivity index (χ4v) is 7.74. The van der Waals surface area contributed by atoms with E-state index in [1.807, 2.05) is 0 Å². The van der Waals surface area contributed by atoms with E-state index in [4.69, 9.17) is 16.2 Å². The number of aliphatic carboxylic acids is 1. The van der Waals surface area contributed by atoms with E-state index < -0.39 is 120 Å². The third-order valence-corrected chi connectivity index (χ3v) is 11.4. The van der Waals surface area contributed by atoms with Crippen molar-refractivity contribution in [2.24, 2.45) is 28.3 Å². The Bertz CT molecular complexity index is 1980. The van der Waals surface area contributed by atoms with E-state index in [-0.39, 0.29) is 69.1 Å². The standard InChI is InChI=1S/C44H68N10O13/c1-8-10-32(56)48-29(21-34(58)59)38(61)52-36-24(6)67-43(66)35(23(4)5)51-39(62)30(20-25-12-14-26(55)15-13-25)53(7)42(65)31(19-22(2)3)54-33(57)17-16-28(41(54)64)50-37(60)27(49-40(36)63)11-9-18-47-44(45)46/h12-15,22-24,27-31,33,35-36,55,57H,8-11,16-21H2,1-7H3,(H,48,56)(H,49,63)(H,50,60)(H,51,62)(H,52,61)(H,58,59)(H4,45,46,47). The number of phenolic OH excluding ortho intramolecular Hbond substituents is 1. The SMILES string of the molecule is CCCC(=O)NC(CC(=O)O)C(=O)NC1C(=O)NC(CCCN=C(N)N)C(=O)NC2CCC(O)N(C2=O)C(CC(C)C)C(=O)N(C)C(Cc2ccc(O)cc2)C(=O)NC(C(C)C)C(=O)OC1C. The minimum Gasteiger partial charge on any atom is -0.508 e. The smallest absolute Gasteiger partial charge is 0.329 e. The second-order valence-corrected chi connectivity index (χ2v) is 17.7. The van der Waals surface area contributed by atoms with Gasteiger partial charge in [-0.2, -0.15) is 0 Å². The van der Waals surface area contributed by atoms with Crippen LogP contribution in [0.4, 0.5) is 0 Å². The minimum absolute atomic E-state index is 0.00458. The average Bonchev–Trinajstić information content (AvgIpc) is 3.24. The van der Waals surface area contributed by atoms with Gasteiger partial charge in [-0.3, -0.25) is 43.3 Å². The lowest BCUT2D eigenvalue weighted by atomic mass is 9.94. The molecule has 2 bridgehead atoms. The number of guanidine groups is 1. The number of hydrogen-bond acceptors (Lipinski definition) is 13. The summed E-state index contributed by atoms with van der Waals surface area (Å²) in [7, 11) is 1.34. The number of carbonyl (C=O) groups excluding carboxylic acids is 8. The molecule has 0 aliphatic carbocycles. The number of esters is 1. The zero-order valence-corrected chi connectivity index (χ0v) is 39.2. The Hall–Kier alpha value is -6.52. The van der Waals surface area contributed by atoms with Gasteiger partial charge < -0.3 is 67.9 Å². The number of carbonyl (C=O) groups is 9. The lowest BCUT2D eigenvalue weighted by molar-refractivity contribution is -0.166. The number of hydrogen-bond donors (Lipinski definition) is 10. The number of aliphatic hydroxyl groups is 1. The number of cyclic esters (lactones) is 1. The molecule has 23 heteroatoms. The predicted octanol–water partition coefficient (Wildman–Crippen LogP) is -1.53. The normalized spacial score (nSPS) is 25.1. The van der Waals surface area contributed by atoms with Crippen molar-refractivity contribution in [3.8, 4) is 5.75 Å². The Morgan fingerprint density at radius 1 is 0.925 bits per heavy atom. The van der Waals surface area contributed by atoms with Crippen LogP contribution in [0.2, 0.25) is 0 Å². The molecule has 372 valence electrons. The average molecular weight is 945 g/mol. The maximum Gasteiger partial charge on any atom is 0.329 e. The maximum atomic E-state index is 14.8. The molecule has 12 N–H and O–H groups in total. The van der Waals surface area contributed by atoms with Crippen molar-refractivity contribution in [1.82, 2.24) is 36.4 Å². The van der Waals surface area contributed by atoms with E-state index in [1.54, 1.807) is 34.6 Å². The Morgan fingerprint density at radius 2 is 1.58 bits per heavy atom. The largest absolute Gasteiger partial charge is 0.508 e. The Kier molecular flexibility index (Phi) is 20.8. The number of piperidine rings is 1. The summed E-state index contributed by atoms with van der Waals surface area (Å²) in [4.78, 5) is 131. The summed E-state index contributed by atoms with van der Waals surface area (Å²) in [5, 5.41) is 43.5. The summed E-state index contributed by atoms with van der Waals surface area (Å²) in [5.74, 6) is -10.0. The van der Waals surface area contributed by atoms with E-state index >= 15 is 0 Å². The van der Waals surface area contributed by atoms with Crippen molar-refractivity contribution >= 4 is 59.2 Å². The Morgan fingerprint density at radius 3 is 2.16 bits per heavy atom. The number of fused-ring (bicyclic) bond motifs is 2. The molecular weight excluding hydrogens is 877 g/mol. The highest BCUT2D eigenvalue weighted by molar-refractivity contribution is 5.98. The number of nitrogens with two attached hydrogens (primary N) is 2. The fourth-order valence-electron chi connectivity index (χ4n) is 7.74. The van der Waals surface area contributed by atoms with E-state index in [1.165, 1.54) is 38.2 Å². The number of aliphatic hydroxyl groups excluding tert-OH is 1. The molecule has 23 nitrogen and oxygen atoms in total. The van der Waals surface area contributed by atoms with Gasteiger partial charge in [0.15, 0.2) is 5.96 Å². The van der Waals surface area contributed by atoms with Crippen LogP contribution in [-0.2, 0) is 54.3 Å². The van der Waals surface area contributed by atoms with Crippen LogP contribution in [0.5, 0.6) is 5.75 Å². The van der Waals surface area contributed by atoms with E-state index in [0.29, 0.717) is 12.0 Å². The number of rotatable bonds is 16. The summed E-state index contributed by atoms with van der Waals surface area (Å²) < 4.78 is 5.78. The van der Waals surface area contributed by atoms with Gasteiger partial charge in [0, 0.05) is 26.4 Å². The van der Waals surface area contributed by atoms with Crippen molar-refractivity contribution in [3.63, 3.8) is 0 Å². The fraction of sp³-hybridized carbons (Fsp3) is 0.636. The topological polar surface area (TPSA) is 355 Å². The van der Waals surface area contributed by atoms with Crippen molar-refractivity contribution in [2.75, 3.05) is 13.6 Å². The molecular formula is C44H68N10O13. The van der Waals surface area contributed by atoms with Crippen LogP contribution in [-0.4, -0.2) is 153 Å². The van der Waals surface area contributed by atoms with Gasteiger partial charge in [-0.1, -0.05) is 46.8 Å². The molecule has 0 saturated carbocycles. The quantitative estimate of drug-likeness (QED) is 0.0389. The van der Waals surface area contributed by atoms with Gasteiger partial charge in [0.25, 0.3) is 0 Å². The van der Waals surface area contributed by atoms with Crippen LogP contribution in [0.1, 0.15) is 98.5 Å². The first-order valence-electron chi connectivity index (χ1n) is 22.5. The molecule has 2 aliphatic rings. The molecule has 1 aromatic rings. The van der Waals surface area contributed by atoms with Crippen LogP contribution in [0.15, 0.2) is 29.3 Å². The highest BCUT2D eigenvalue weighted by Gasteiger charge is 2.46. The molecule has 9 atom stereocenters. The molecule has 1 aromatic carbocycles. The lowest BCUT2D eigenvalue weighted by Gasteiger charge is -2.43. The van der Waals surface area contributed by atoms with E-state index in [0.717, 1.165) is 9.80 Å². The molecule has 2 aliphatic heterocycles. The van der Waals surface area contributed by atoms with Crippen LogP contribution in [0.25, 0.3) is 0 Å². The van der Waals surface area contributed by atoms with Crippen LogP contribution in [0.3, 0.4) is 0 Å². The zero-order valence-electron chi connectivity index (χ0n) is 39.2. The monoisotopic (exact) mass is 944 g/mol. The van der Waals surface area contributed by atoms with Gasteiger partial charge in [0.1, 0.15) is 60.4 Å². The molecule has 67 heavy (non-hydrogen) atoms. The van der Waals surface area contributed by atoms with Crippen LogP contribution >= 0.6 is 0 Å². The van der Waals surface area contributed by atoms with Gasteiger partial charge in [-0.25, -0.2) is 4.79 Å². The Labute approximate surface area is 389 Å². The summed E-state index contributed by atoms with van der Waals surface area (Å²) in [6.07, 6.45) is -4.07. The summed E-state index contributed by atoms with van der Waals surface area (Å²) >= 11 is 0. The van der Waals surface area contributed by atoms with E-state index in [2.05, 4.69) is 31.6 Å². The second kappa shape index (κ2) is 25.4. The summed E-state index contributed by atoms with van der Waals surface area (Å²) in [6.45, 7) is 9.67. The van der Waals surface area contributed by atoms with Crippen molar-refractivity contribution < 1.29 is 63.2 Å². The molecule has 0 aromatic heterocycles.